The van der Waals surface area contributed by atoms with E-state index >= 15 is 0 Å². The first-order valence-electron chi connectivity index (χ1n) is 11.4. The van der Waals surface area contributed by atoms with Gasteiger partial charge in [-0.2, -0.15) is 0 Å². The van der Waals surface area contributed by atoms with Crippen LogP contribution in [0.1, 0.15) is 97.3 Å². The van der Waals surface area contributed by atoms with Crippen molar-refractivity contribution in [2.45, 2.75) is 110 Å². The largest absolute Gasteiger partial charge is 0.508 e. The van der Waals surface area contributed by atoms with Gasteiger partial charge in [-0.25, -0.2) is 4.79 Å². The molecule has 5 nitrogen and oxygen atoms in total. The van der Waals surface area contributed by atoms with Crippen molar-refractivity contribution in [3.8, 4) is 0 Å². The van der Waals surface area contributed by atoms with Crippen LogP contribution in [0, 0.1) is 0 Å². The average molecular weight is 386 g/mol. The fourth-order valence-corrected chi connectivity index (χ4v) is 3.75. The molecule has 0 bridgehead atoms. The number of rotatable bonds is 15. The van der Waals surface area contributed by atoms with Gasteiger partial charge in [-0.1, -0.05) is 71.1 Å². The van der Waals surface area contributed by atoms with Gasteiger partial charge in [0.25, 0.3) is 0 Å². The van der Waals surface area contributed by atoms with Gasteiger partial charge in [0.05, 0.1) is 12.7 Å². The summed E-state index contributed by atoms with van der Waals surface area (Å²) in [5.41, 5.74) is 0. The molecule has 27 heavy (non-hydrogen) atoms. The zero-order chi connectivity index (χ0) is 19.7. The van der Waals surface area contributed by atoms with Crippen LogP contribution in [0.15, 0.2) is 0 Å². The summed E-state index contributed by atoms with van der Waals surface area (Å²) in [5, 5.41) is 10.3. The van der Waals surface area contributed by atoms with Gasteiger partial charge in [0.15, 0.2) is 0 Å². The summed E-state index contributed by atoms with van der Waals surface area (Å²) >= 11 is 0. The first-order chi connectivity index (χ1) is 13.2. The number of nitrogens with zero attached hydrogens (tertiary/aromatic N) is 1. The van der Waals surface area contributed by atoms with Crippen LogP contribution in [0.4, 0.5) is 4.79 Å². The predicted molar refractivity (Wildman–Crippen MR) is 110 cm³/mol. The predicted octanol–water partition coefficient (Wildman–Crippen LogP) is 5.30. The third kappa shape index (κ3) is 13.1. The summed E-state index contributed by atoms with van der Waals surface area (Å²) in [6, 6.07) is 0. The van der Waals surface area contributed by atoms with Gasteiger partial charge in [-0.3, -0.25) is 0 Å². The van der Waals surface area contributed by atoms with E-state index < -0.39 is 6.16 Å². The average Bonchev–Trinajstić information content (AvgIpc) is 2.65. The SMILES string of the molecule is CCCCCCCCCCCCC(O)CN1CCC(OC(=O)OCC)CC1. The number of likely N-dealkylation sites (tertiary alicyclic amines) is 1. The number of unbranched alkanes of at least 4 members (excludes halogenated alkanes) is 9. The normalized spacial score (nSPS) is 17.0. The Balaban J connectivity index is 1.94. The Morgan fingerprint density at radius 2 is 1.52 bits per heavy atom. The molecule has 0 radical (unpaired) electrons. The van der Waals surface area contributed by atoms with Crippen molar-refractivity contribution >= 4 is 6.16 Å². The number of piperidine rings is 1. The van der Waals surface area contributed by atoms with E-state index in [1.54, 1.807) is 6.92 Å². The van der Waals surface area contributed by atoms with Gasteiger partial charge in [0.2, 0.25) is 0 Å². The lowest BCUT2D eigenvalue weighted by Crippen LogP contribution is -2.41. The molecule has 1 fully saturated rings. The smallest absolute Gasteiger partial charge is 0.435 e. The third-order valence-corrected chi connectivity index (χ3v) is 5.42. The first-order valence-corrected chi connectivity index (χ1v) is 11.4. The number of carbonyl (C=O) groups excluding carboxylic acids is 1. The zero-order valence-electron chi connectivity index (χ0n) is 17.8. The Kier molecular flexibility index (Phi) is 14.5. The Morgan fingerprint density at radius 1 is 0.963 bits per heavy atom. The quantitative estimate of drug-likeness (QED) is 0.306. The van der Waals surface area contributed by atoms with E-state index in [2.05, 4.69) is 11.8 Å². The fourth-order valence-electron chi connectivity index (χ4n) is 3.75. The van der Waals surface area contributed by atoms with E-state index in [9.17, 15) is 9.90 Å². The first kappa shape index (κ1) is 24.2. The molecule has 1 saturated heterocycles. The highest BCUT2D eigenvalue weighted by Gasteiger charge is 2.23. The highest BCUT2D eigenvalue weighted by atomic mass is 16.7. The van der Waals surface area contributed by atoms with Gasteiger partial charge >= 0.3 is 6.16 Å². The number of aliphatic hydroxyl groups excluding tert-OH is 1. The second kappa shape index (κ2) is 16.2. The summed E-state index contributed by atoms with van der Waals surface area (Å²) in [7, 11) is 0. The molecule has 1 aliphatic rings. The van der Waals surface area contributed by atoms with E-state index in [0.29, 0.717) is 6.61 Å². The van der Waals surface area contributed by atoms with Crippen LogP contribution in [-0.4, -0.2) is 54.6 Å². The Morgan fingerprint density at radius 3 is 2.07 bits per heavy atom. The molecule has 0 aliphatic carbocycles. The van der Waals surface area contributed by atoms with Crippen molar-refractivity contribution in [3.63, 3.8) is 0 Å². The summed E-state index contributed by atoms with van der Waals surface area (Å²) in [6.45, 7) is 6.88. The summed E-state index contributed by atoms with van der Waals surface area (Å²) < 4.78 is 10.1. The Hall–Kier alpha value is -0.810. The molecule has 0 aromatic carbocycles. The number of carbonyl (C=O) groups is 1. The summed E-state index contributed by atoms with van der Waals surface area (Å²) in [6.07, 6.45) is 15.0. The highest BCUT2D eigenvalue weighted by Crippen LogP contribution is 2.16. The van der Waals surface area contributed by atoms with Gasteiger partial charge in [0, 0.05) is 19.6 Å². The molecule has 1 atom stereocenters. The molecular formula is C22H43NO4. The van der Waals surface area contributed by atoms with Crippen LogP contribution < -0.4 is 0 Å². The lowest BCUT2D eigenvalue weighted by atomic mass is 10.0. The molecule has 1 aliphatic heterocycles. The van der Waals surface area contributed by atoms with Crippen LogP contribution in [0.5, 0.6) is 0 Å². The minimum Gasteiger partial charge on any atom is -0.435 e. The number of aliphatic hydroxyl groups is 1. The topological polar surface area (TPSA) is 59.0 Å². The van der Waals surface area contributed by atoms with Crippen LogP contribution >= 0.6 is 0 Å². The zero-order valence-corrected chi connectivity index (χ0v) is 17.8. The third-order valence-electron chi connectivity index (χ3n) is 5.42. The minimum absolute atomic E-state index is 0.0422. The molecule has 5 heteroatoms. The second-order valence-electron chi connectivity index (χ2n) is 7.93. The van der Waals surface area contributed by atoms with Gasteiger partial charge in [-0.15, -0.1) is 0 Å². The summed E-state index contributed by atoms with van der Waals surface area (Å²) in [4.78, 5) is 13.6. The second-order valence-corrected chi connectivity index (χ2v) is 7.93. The molecule has 0 amide bonds. The minimum atomic E-state index is -0.558. The molecule has 0 spiro atoms. The van der Waals surface area contributed by atoms with E-state index in [1.807, 2.05) is 0 Å². The van der Waals surface area contributed by atoms with Crippen molar-refractivity contribution in [1.82, 2.24) is 4.90 Å². The molecule has 1 unspecified atom stereocenters. The van der Waals surface area contributed by atoms with Crippen molar-refractivity contribution < 1.29 is 19.4 Å². The highest BCUT2D eigenvalue weighted by molar-refractivity contribution is 5.60. The number of hydrogen-bond acceptors (Lipinski definition) is 5. The Bertz CT molecular complexity index is 356. The van der Waals surface area contributed by atoms with Crippen LogP contribution in [0.2, 0.25) is 0 Å². The molecule has 1 N–H and O–H groups in total. The van der Waals surface area contributed by atoms with Gasteiger partial charge in [-0.05, 0) is 26.2 Å². The molecule has 0 aromatic rings. The number of β-amino-alcohol motifs (C(OH)–C–C–N with tert-alkyl or cyclic N) is 1. The molecule has 160 valence electrons. The van der Waals surface area contributed by atoms with Crippen LogP contribution in [0.25, 0.3) is 0 Å². The maximum absolute atomic E-state index is 11.3. The fraction of sp³-hybridized carbons (Fsp3) is 0.955. The molecular weight excluding hydrogens is 342 g/mol. The van der Waals surface area contributed by atoms with Crippen molar-refractivity contribution in [1.29, 1.82) is 0 Å². The Labute approximate surface area is 166 Å². The maximum Gasteiger partial charge on any atom is 0.508 e. The van der Waals surface area contributed by atoms with E-state index in [0.717, 1.165) is 45.3 Å². The van der Waals surface area contributed by atoms with Gasteiger partial charge in [0.1, 0.15) is 6.10 Å². The van der Waals surface area contributed by atoms with Crippen molar-refractivity contribution in [2.24, 2.45) is 0 Å². The lowest BCUT2D eigenvalue weighted by Gasteiger charge is -2.32. The number of hydrogen-bond donors (Lipinski definition) is 1. The van der Waals surface area contributed by atoms with Crippen molar-refractivity contribution in [3.05, 3.63) is 0 Å². The molecule has 1 rings (SSSR count). The van der Waals surface area contributed by atoms with E-state index in [1.165, 1.54) is 57.8 Å². The van der Waals surface area contributed by atoms with Crippen LogP contribution in [-0.2, 0) is 9.47 Å². The standard InChI is InChI=1S/C22H43NO4/c1-3-5-6-7-8-9-10-11-12-13-14-20(24)19-23-17-15-21(16-18-23)27-22(25)26-4-2/h20-21,24H,3-19H2,1-2H3. The molecule has 0 aromatic heterocycles. The van der Waals surface area contributed by atoms with Crippen molar-refractivity contribution in [2.75, 3.05) is 26.2 Å². The van der Waals surface area contributed by atoms with Crippen LogP contribution in [0.3, 0.4) is 0 Å². The summed E-state index contributed by atoms with van der Waals surface area (Å²) in [5.74, 6) is 0. The molecule has 1 heterocycles. The van der Waals surface area contributed by atoms with Gasteiger partial charge < -0.3 is 19.5 Å². The monoisotopic (exact) mass is 385 g/mol. The molecule has 0 saturated carbocycles. The lowest BCUT2D eigenvalue weighted by molar-refractivity contribution is -0.00485. The maximum atomic E-state index is 11.3. The number of ether oxygens (including phenoxy) is 2. The van der Waals surface area contributed by atoms with E-state index in [-0.39, 0.29) is 12.2 Å². The van der Waals surface area contributed by atoms with E-state index in [4.69, 9.17) is 9.47 Å².